The third-order valence-electron chi connectivity index (χ3n) is 7.41. The average molecular weight is 496 g/mol. The van der Waals surface area contributed by atoms with E-state index in [9.17, 15) is 9.59 Å². The molecule has 1 heterocycles. The van der Waals surface area contributed by atoms with Crippen molar-refractivity contribution in [3.05, 3.63) is 101 Å². The van der Waals surface area contributed by atoms with E-state index in [0.717, 1.165) is 25.7 Å². The van der Waals surface area contributed by atoms with Gasteiger partial charge >= 0.3 is 0 Å². The Labute approximate surface area is 217 Å². The van der Waals surface area contributed by atoms with E-state index in [1.165, 1.54) is 5.56 Å². The Morgan fingerprint density at radius 3 is 2.43 bits per heavy atom. The summed E-state index contributed by atoms with van der Waals surface area (Å²) in [6.07, 6.45) is 4.29. The molecular formula is C31H33N3O3. The van der Waals surface area contributed by atoms with Gasteiger partial charge in [-0.2, -0.15) is 0 Å². The van der Waals surface area contributed by atoms with Crippen LogP contribution in [0.3, 0.4) is 0 Å². The summed E-state index contributed by atoms with van der Waals surface area (Å²) in [6.45, 7) is 2.62. The summed E-state index contributed by atoms with van der Waals surface area (Å²) < 4.78 is 7.30. The third-order valence-corrected chi connectivity index (χ3v) is 7.41. The highest BCUT2D eigenvalue weighted by Crippen LogP contribution is 2.34. The molecule has 0 N–H and O–H groups in total. The molecule has 0 bridgehead atoms. The van der Waals surface area contributed by atoms with E-state index in [0.29, 0.717) is 41.1 Å². The summed E-state index contributed by atoms with van der Waals surface area (Å²) in [6, 6.07) is 24.7. The Hall–Kier alpha value is -3.93. The van der Waals surface area contributed by atoms with Crippen LogP contribution in [0.15, 0.2) is 83.7 Å². The molecule has 6 nitrogen and oxygen atoms in total. The van der Waals surface area contributed by atoms with E-state index in [4.69, 9.17) is 9.72 Å². The Morgan fingerprint density at radius 2 is 1.73 bits per heavy atom. The van der Waals surface area contributed by atoms with Gasteiger partial charge in [0.25, 0.3) is 5.56 Å². The molecule has 1 aliphatic carbocycles. The van der Waals surface area contributed by atoms with Gasteiger partial charge in [-0.3, -0.25) is 14.2 Å². The summed E-state index contributed by atoms with van der Waals surface area (Å²) in [4.78, 5) is 34.8. The van der Waals surface area contributed by atoms with Gasteiger partial charge < -0.3 is 9.64 Å². The molecule has 1 aromatic heterocycles. The first-order valence-electron chi connectivity index (χ1n) is 13.1. The predicted octanol–water partition coefficient (Wildman–Crippen LogP) is 5.72. The van der Waals surface area contributed by atoms with Crippen molar-refractivity contribution in [1.29, 1.82) is 0 Å². The van der Waals surface area contributed by atoms with Gasteiger partial charge in [0, 0.05) is 12.5 Å². The number of benzene rings is 3. The molecule has 37 heavy (non-hydrogen) atoms. The highest BCUT2D eigenvalue weighted by molar-refractivity contribution is 5.81. The molecule has 5 rings (SSSR count). The van der Waals surface area contributed by atoms with Crippen LogP contribution in [-0.4, -0.2) is 34.0 Å². The zero-order valence-corrected chi connectivity index (χ0v) is 21.5. The minimum Gasteiger partial charge on any atom is -0.495 e. The summed E-state index contributed by atoms with van der Waals surface area (Å²) in [5.74, 6) is 1.34. The highest BCUT2D eigenvalue weighted by Gasteiger charge is 2.35. The Kier molecular flexibility index (Phi) is 7.35. The lowest BCUT2D eigenvalue weighted by Gasteiger charge is -2.37. The number of rotatable bonds is 9. The monoisotopic (exact) mass is 495 g/mol. The molecule has 190 valence electrons. The van der Waals surface area contributed by atoms with E-state index in [1.54, 1.807) is 17.7 Å². The lowest BCUT2D eigenvalue weighted by molar-refractivity contribution is -0.141. The molecule has 1 atom stereocenters. The summed E-state index contributed by atoms with van der Waals surface area (Å²) in [7, 11) is 1.60. The summed E-state index contributed by atoms with van der Waals surface area (Å²) in [5, 5.41) is 0.535. The number of aromatic nitrogens is 2. The number of nitrogens with zero attached hydrogens (tertiary/aromatic N) is 3. The first kappa shape index (κ1) is 24.8. The second kappa shape index (κ2) is 11.0. The van der Waals surface area contributed by atoms with Crippen molar-refractivity contribution in [2.24, 2.45) is 5.92 Å². The number of methoxy groups -OCH3 is 1. The molecule has 6 heteroatoms. The van der Waals surface area contributed by atoms with Gasteiger partial charge in [0.1, 0.15) is 11.6 Å². The largest absolute Gasteiger partial charge is 0.495 e. The van der Waals surface area contributed by atoms with Crippen molar-refractivity contribution in [2.75, 3.05) is 13.7 Å². The number of carbonyl (C=O) groups excluding carboxylic acids is 1. The number of fused-ring (bicyclic) bond motifs is 1. The molecule has 0 radical (unpaired) electrons. The van der Waals surface area contributed by atoms with Crippen LogP contribution in [0.4, 0.5) is 0 Å². The molecule has 0 spiro atoms. The van der Waals surface area contributed by atoms with Crippen molar-refractivity contribution in [2.45, 2.75) is 45.1 Å². The average Bonchev–Trinajstić information content (AvgIpc) is 2.90. The topological polar surface area (TPSA) is 64.4 Å². The molecule has 0 aliphatic heterocycles. The van der Waals surface area contributed by atoms with Crippen LogP contribution in [0.25, 0.3) is 16.6 Å². The van der Waals surface area contributed by atoms with Crippen molar-refractivity contribution in [3.8, 4) is 11.4 Å². The van der Waals surface area contributed by atoms with Crippen LogP contribution in [-0.2, 0) is 11.2 Å². The predicted molar refractivity (Wildman–Crippen MR) is 146 cm³/mol. The molecule has 1 fully saturated rings. The number of amides is 1. The van der Waals surface area contributed by atoms with E-state index in [1.807, 2.05) is 65.6 Å². The standard InChI is InChI=1S/C31H33N3O3/c1-3-26(33(30(35)23-14-11-15-23)21-20-22-12-5-4-6-13-22)29-32-25-17-8-7-16-24(25)31(36)34(29)27-18-9-10-19-28(27)37-2/h4-10,12-13,16-19,23,26H,3,11,14-15,20-21H2,1-2H3. The van der Waals surface area contributed by atoms with Gasteiger partial charge in [-0.15, -0.1) is 0 Å². The van der Waals surface area contributed by atoms with E-state index in [-0.39, 0.29) is 23.4 Å². The number of hydrogen-bond acceptors (Lipinski definition) is 4. The van der Waals surface area contributed by atoms with Crippen molar-refractivity contribution in [3.63, 3.8) is 0 Å². The van der Waals surface area contributed by atoms with Gasteiger partial charge in [0.2, 0.25) is 5.91 Å². The van der Waals surface area contributed by atoms with Crippen molar-refractivity contribution < 1.29 is 9.53 Å². The first-order chi connectivity index (χ1) is 18.1. The van der Waals surface area contributed by atoms with Gasteiger partial charge in [-0.1, -0.05) is 67.9 Å². The van der Waals surface area contributed by atoms with Crippen LogP contribution < -0.4 is 10.3 Å². The Balaban J connectivity index is 1.67. The quantitative estimate of drug-likeness (QED) is 0.298. The first-order valence-corrected chi connectivity index (χ1v) is 13.1. The van der Waals surface area contributed by atoms with E-state index < -0.39 is 0 Å². The van der Waals surface area contributed by atoms with Crippen LogP contribution in [0.2, 0.25) is 0 Å². The van der Waals surface area contributed by atoms with Crippen LogP contribution >= 0.6 is 0 Å². The van der Waals surface area contributed by atoms with Crippen LogP contribution in [0.5, 0.6) is 5.75 Å². The SMILES string of the molecule is CCC(c1nc2ccccc2c(=O)n1-c1ccccc1OC)N(CCc1ccccc1)C(=O)C1CCC1. The van der Waals surface area contributed by atoms with Gasteiger partial charge in [-0.25, -0.2) is 4.98 Å². The van der Waals surface area contributed by atoms with Gasteiger partial charge in [0.05, 0.1) is 29.7 Å². The number of para-hydroxylation sites is 3. The van der Waals surface area contributed by atoms with E-state index in [2.05, 4.69) is 19.1 Å². The van der Waals surface area contributed by atoms with Crippen molar-refractivity contribution in [1.82, 2.24) is 14.5 Å². The Bertz CT molecular complexity index is 1440. The smallest absolute Gasteiger partial charge is 0.266 e. The number of hydrogen-bond donors (Lipinski definition) is 0. The molecule has 1 aliphatic rings. The fraction of sp³-hybridized carbons (Fsp3) is 0.323. The maximum absolute atomic E-state index is 14.0. The molecule has 4 aromatic rings. The van der Waals surface area contributed by atoms with Crippen molar-refractivity contribution >= 4 is 16.8 Å². The fourth-order valence-corrected chi connectivity index (χ4v) is 5.17. The van der Waals surface area contributed by atoms with Gasteiger partial charge in [0.15, 0.2) is 0 Å². The molecule has 1 saturated carbocycles. The fourth-order valence-electron chi connectivity index (χ4n) is 5.17. The van der Waals surface area contributed by atoms with E-state index >= 15 is 0 Å². The zero-order chi connectivity index (χ0) is 25.8. The highest BCUT2D eigenvalue weighted by atomic mass is 16.5. The number of carbonyl (C=O) groups is 1. The molecule has 1 amide bonds. The second-order valence-electron chi connectivity index (χ2n) is 9.62. The molecule has 1 unspecified atom stereocenters. The minimum absolute atomic E-state index is 0.0386. The third kappa shape index (κ3) is 4.88. The van der Waals surface area contributed by atoms with Crippen LogP contribution in [0.1, 0.15) is 50.0 Å². The zero-order valence-electron chi connectivity index (χ0n) is 21.5. The lowest BCUT2D eigenvalue weighted by atomic mass is 9.84. The summed E-state index contributed by atoms with van der Waals surface area (Å²) >= 11 is 0. The Morgan fingerprint density at radius 1 is 1.03 bits per heavy atom. The van der Waals surface area contributed by atoms with Crippen LogP contribution in [0, 0.1) is 5.92 Å². The van der Waals surface area contributed by atoms with Gasteiger partial charge in [-0.05, 0) is 55.5 Å². The maximum atomic E-state index is 14.0. The second-order valence-corrected chi connectivity index (χ2v) is 9.62. The normalized spacial score (nSPS) is 14.2. The number of ether oxygens (including phenoxy) is 1. The molecule has 0 saturated heterocycles. The lowest BCUT2D eigenvalue weighted by Crippen LogP contribution is -2.44. The molecular weight excluding hydrogens is 462 g/mol. The molecule has 3 aromatic carbocycles. The maximum Gasteiger partial charge on any atom is 0.266 e. The minimum atomic E-state index is -0.362. The summed E-state index contributed by atoms with van der Waals surface area (Å²) in [5.41, 5.74) is 2.27.